The van der Waals surface area contributed by atoms with E-state index < -0.39 is 0 Å². The number of nitrogens with zero attached hydrogens (tertiary/aromatic N) is 2. The lowest BCUT2D eigenvalue weighted by atomic mass is 10.1. The summed E-state index contributed by atoms with van der Waals surface area (Å²) >= 11 is 6.30. The van der Waals surface area contributed by atoms with Crippen LogP contribution in [0.1, 0.15) is 30.2 Å². The van der Waals surface area contributed by atoms with Crippen LogP contribution in [0.4, 0.5) is 10.5 Å². The first-order valence-corrected chi connectivity index (χ1v) is 8.69. The molecule has 0 spiro atoms. The summed E-state index contributed by atoms with van der Waals surface area (Å²) in [6, 6.07) is 8.73. The summed E-state index contributed by atoms with van der Waals surface area (Å²) in [7, 11) is 0. The molecule has 0 fully saturated rings. The number of nitrogens with one attached hydrogen (secondary N) is 1. The molecule has 2 aromatic rings. The second-order valence-corrected chi connectivity index (χ2v) is 6.47. The highest BCUT2D eigenvalue weighted by atomic mass is 35.5. The zero-order valence-electron chi connectivity index (χ0n) is 14.8. The van der Waals surface area contributed by atoms with E-state index in [9.17, 15) is 9.90 Å². The maximum atomic E-state index is 12.9. The number of rotatable bonds is 6. The number of benzene rings is 1. The van der Waals surface area contributed by atoms with Crippen LogP contribution in [0.3, 0.4) is 0 Å². The molecule has 0 aliphatic carbocycles. The average Bonchev–Trinajstić information content (AvgIpc) is 2.59. The van der Waals surface area contributed by atoms with Gasteiger partial charge in [0, 0.05) is 6.20 Å². The molecule has 0 bridgehead atoms. The number of aromatic nitrogens is 1. The van der Waals surface area contributed by atoms with E-state index in [4.69, 9.17) is 11.6 Å². The number of hydrogen-bond acceptors (Lipinski definition) is 3. The minimum atomic E-state index is -0.305. The van der Waals surface area contributed by atoms with E-state index in [1.165, 1.54) is 0 Å². The summed E-state index contributed by atoms with van der Waals surface area (Å²) in [5.41, 5.74) is 3.29. The number of urea groups is 1. The van der Waals surface area contributed by atoms with Crippen LogP contribution in [0.2, 0.25) is 5.02 Å². The summed E-state index contributed by atoms with van der Waals surface area (Å²) < 4.78 is 0. The first-order valence-electron chi connectivity index (χ1n) is 8.31. The molecule has 134 valence electrons. The predicted octanol–water partition coefficient (Wildman–Crippen LogP) is 4.16. The summed E-state index contributed by atoms with van der Waals surface area (Å²) in [6.07, 6.45) is 2.32. The van der Waals surface area contributed by atoms with Crippen molar-refractivity contribution in [3.8, 4) is 0 Å². The van der Waals surface area contributed by atoms with E-state index in [0.717, 1.165) is 16.8 Å². The topological polar surface area (TPSA) is 65.5 Å². The smallest absolute Gasteiger partial charge is 0.322 e. The normalized spacial score (nSPS) is 11.9. The average molecular weight is 362 g/mol. The van der Waals surface area contributed by atoms with Crippen LogP contribution in [0.15, 0.2) is 36.5 Å². The van der Waals surface area contributed by atoms with Crippen molar-refractivity contribution < 1.29 is 9.90 Å². The molecule has 2 rings (SSSR count). The molecule has 0 unspecified atom stereocenters. The van der Waals surface area contributed by atoms with Gasteiger partial charge in [-0.2, -0.15) is 0 Å². The summed E-state index contributed by atoms with van der Waals surface area (Å²) in [4.78, 5) is 18.8. The third kappa shape index (κ3) is 4.94. The maximum absolute atomic E-state index is 12.9. The fraction of sp³-hybridized carbons (Fsp3) is 0.368. The molecular formula is C19H24ClN3O2. The Bertz CT molecular complexity index is 695. The zero-order chi connectivity index (χ0) is 18.4. The van der Waals surface area contributed by atoms with E-state index in [0.29, 0.717) is 23.7 Å². The van der Waals surface area contributed by atoms with Crippen molar-refractivity contribution in [2.45, 2.75) is 39.8 Å². The van der Waals surface area contributed by atoms with Gasteiger partial charge in [0.05, 0.1) is 35.6 Å². The molecule has 25 heavy (non-hydrogen) atoms. The number of halogens is 1. The number of aliphatic hydroxyl groups excluding tert-OH is 1. The second-order valence-electron chi connectivity index (χ2n) is 6.06. The monoisotopic (exact) mass is 361 g/mol. The third-order valence-electron chi connectivity index (χ3n) is 4.11. The number of carbonyl (C=O) groups is 1. The van der Waals surface area contributed by atoms with Crippen molar-refractivity contribution in [2.75, 3.05) is 11.9 Å². The summed E-state index contributed by atoms with van der Waals surface area (Å²) in [6.45, 7) is 5.99. The molecule has 1 heterocycles. The van der Waals surface area contributed by atoms with Gasteiger partial charge in [-0.3, -0.25) is 4.98 Å². The minimum absolute atomic E-state index is 0.114. The highest BCUT2D eigenvalue weighted by Crippen LogP contribution is 2.28. The van der Waals surface area contributed by atoms with Gasteiger partial charge in [-0.15, -0.1) is 0 Å². The highest BCUT2D eigenvalue weighted by Gasteiger charge is 2.23. The molecule has 2 N–H and O–H groups in total. The Balaban J connectivity index is 2.26. The quantitative estimate of drug-likeness (QED) is 0.812. The van der Waals surface area contributed by atoms with Gasteiger partial charge in [-0.1, -0.05) is 30.7 Å². The van der Waals surface area contributed by atoms with Crippen molar-refractivity contribution >= 4 is 23.3 Å². The third-order valence-corrected chi connectivity index (χ3v) is 4.40. The van der Waals surface area contributed by atoms with Crippen LogP contribution < -0.4 is 5.32 Å². The van der Waals surface area contributed by atoms with E-state index in [1.54, 1.807) is 11.1 Å². The number of pyridine rings is 1. The van der Waals surface area contributed by atoms with Crippen LogP contribution in [0.25, 0.3) is 0 Å². The first-order chi connectivity index (χ1) is 12.0. The van der Waals surface area contributed by atoms with Crippen molar-refractivity contribution in [1.82, 2.24) is 9.88 Å². The lowest BCUT2D eigenvalue weighted by Gasteiger charge is -2.30. The Labute approximate surface area is 153 Å². The molecule has 0 aliphatic rings. The second kappa shape index (κ2) is 8.83. The number of carbonyl (C=O) groups excluding carboxylic acids is 1. The summed E-state index contributed by atoms with van der Waals surface area (Å²) in [5.74, 6) is 0. The molecular weight excluding hydrogens is 338 g/mol. The highest BCUT2D eigenvalue weighted by molar-refractivity contribution is 6.34. The van der Waals surface area contributed by atoms with Gasteiger partial charge < -0.3 is 15.3 Å². The Morgan fingerprint density at radius 3 is 2.68 bits per heavy atom. The van der Waals surface area contributed by atoms with Crippen molar-refractivity contribution in [2.24, 2.45) is 0 Å². The van der Waals surface area contributed by atoms with Crippen LogP contribution in [-0.2, 0) is 6.54 Å². The molecule has 2 amide bonds. The Kier molecular flexibility index (Phi) is 6.79. The molecule has 0 radical (unpaired) electrons. The van der Waals surface area contributed by atoms with Crippen molar-refractivity contribution in [3.63, 3.8) is 0 Å². The van der Waals surface area contributed by atoms with Gasteiger partial charge in [0.1, 0.15) is 0 Å². The molecule has 1 aromatic heterocycles. The largest absolute Gasteiger partial charge is 0.394 e. The Morgan fingerprint density at radius 1 is 1.36 bits per heavy atom. The molecule has 0 aliphatic heterocycles. The van der Waals surface area contributed by atoms with Gasteiger partial charge in [0.2, 0.25) is 0 Å². The molecule has 1 aromatic carbocycles. The lowest BCUT2D eigenvalue weighted by molar-refractivity contribution is 0.133. The number of aliphatic hydroxyl groups is 1. The lowest BCUT2D eigenvalue weighted by Crippen LogP contribution is -2.44. The van der Waals surface area contributed by atoms with Gasteiger partial charge >= 0.3 is 6.03 Å². The molecule has 0 saturated carbocycles. The number of amides is 2. The summed E-state index contributed by atoms with van der Waals surface area (Å²) in [5, 5.41) is 13.1. The van der Waals surface area contributed by atoms with Gasteiger partial charge in [0.15, 0.2) is 0 Å². The zero-order valence-corrected chi connectivity index (χ0v) is 15.5. The van der Waals surface area contributed by atoms with E-state index >= 15 is 0 Å². The standard InChI is InChI=1S/C19H24ClN3O2/c1-4-16(12-24)23(11-15-7-5-6-8-21-15)19(25)22-18-14(3)9-13(2)10-17(18)20/h5-10,16,24H,4,11-12H2,1-3H3,(H,22,25)/t16-/m0/s1. The van der Waals surface area contributed by atoms with Crippen LogP contribution >= 0.6 is 11.6 Å². The van der Waals surface area contributed by atoms with Crippen molar-refractivity contribution in [3.05, 3.63) is 58.4 Å². The number of hydrogen-bond donors (Lipinski definition) is 2. The van der Waals surface area contributed by atoms with Crippen LogP contribution in [0, 0.1) is 13.8 Å². The van der Waals surface area contributed by atoms with Gasteiger partial charge in [-0.25, -0.2) is 4.79 Å². The van der Waals surface area contributed by atoms with Crippen LogP contribution in [0.5, 0.6) is 0 Å². The number of anilines is 1. The van der Waals surface area contributed by atoms with Crippen molar-refractivity contribution in [1.29, 1.82) is 0 Å². The number of aryl methyl sites for hydroxylation is 2. The van der Waals surface area contributed by atoms with E-state index in [2.05, 4.69) is 10.3 Å². The first kappa shape index (κ1) is 19.2. The fourth-order valence-electron chi connectivity index (χ4n) is 2.73. The SMILES string of the molecule is CC[C@@H](CO)N(Cc1ccccn1)C(=O)Nc1c(C)cc(C)cc1Cl. The van der Waals surface area contributed by atoms with E-state index in [1.807, 2.05) is 51.1 Å². The van der Waals surface area contributed by atoms with Crippen LogP contribution in [-0.4, -0.2) is 33.7 Å². The minimum Gasteiger partial charge on any atom is -0.394 e. The van der Waals surface area contributed by atoms with Gasteiger partial charge in [-0.05, 0) is 49.6 Å². The molecule has 6 heteroatoms. The molecule has 0 saturated heterocycles. The Hall–Kier alpha value is -2.11. The fourth-order valence-corrected chi connectivity index (χ4v) is 3.10. The molecule has 5 nitrogen and oxygen atoms in total. The van der Waals surface area contributed by atoms with Gasteiger partial charge in [0.25, 0.3) is 0 Å². The Morgan fingerprint density at radius 2 is 2.12 bits per heavy atom. The predicted molar refractivity (Wildman–Crippen MR) is 101 cm³/mol. The van der Waals surface area contributed by atoms with E-state index in [-0.39, 0.29) is 18.7 Å². The molecule has 1 atom stereocenters. The maximum Gasteiger partial charge on any atom is 0.322 e.